The van der Waals surface area contributed by atoms with Gasteiger partial charge < -0.3 is 9.47 Å². The van der Waals surface area contributed by atoms with Crippen LogP contribution >= 0.6 is 0 Å². The first-order valence-electron chi connectivity index (χ1n) is 6.69. The molecule has 104 valence electrons. The van der Waals surface area contributed by atoms with Crippen LogP contribution in [0.2, 0.25) is 0 Å². The normalized spacial score (nSPS) is 10.2. The highest BCUT2D eigenvalue weighted by molar-refractivity contribution is 5.79. The number of carbonyl (C=O) groups excluding carboxylic acids is 1. The molecule has 0 spiro atoms. The summed E-state index contributed by atoms with van der Waals surface area (Å²) >= 11 is 0. The van der Waals surface area contributed by atoms with Crippen LogP contribution in [0.3, 0.4) is 0 Å². The Labute approximate surface area is 119 Å². The molecule has 0 heterocycles. The molecule has 20 heavy (non-hydrogen) atoms. The minimum atomic E-state index is 0.119. The number of hydrogen-bond donors (Lipinski definition) is 0. The lowest BCUT2D eigenvalue weighted by molar-refractivity contribution is -0.123. The Morgan fingerprint density at radius 1 is 0.950 bits per heavy atom. The predicted octanol–water partition coefficient (Wildman–Crippen LogP) is 3.97. The Balaban J connectivity index is 1.85. The van der Waals surface area contributed by atoms with Crippen LogP contribution in [-0.4, -0.2) is 12.4 Å². The first-order valence-corrected chi connectivity index (χ1v) is 6.69. The molecule has 2 aromatic carbocycles. The minimum Gasteiger partial charge on any atom is -0.457 e. The molecule has 0 radical (unpaired) electrons. The fourth-order valence-corrected chi connectivity index (χ4v) is 1.66. The maximum atomic E-state index is 11.1. The Kier molecular flexibility index (Phi) is 5.33. The van der Waals surface area contributed by atoms with Gasteiger partial charge in [0.15, 0.2) is 5.78 Å². The van der Waals surface area contributed by atoms with E-state index in [0.29, 0.717) is 13.0 Å². The van der Waals surface area contributed by atoms with Crippen molar-refractivity contribution in [1.82, 2.24) is 0 Å². The van der Waals surface area contributed by atoms with E-state index in [1.165, 1.54) is 0 Å². The van der Waals surface area contributed by atoms with E-state index in [2.05, 4.69) is 0 Å². The molecule has 3 nitrogen and oxygen atoms in total. The van der Waals surface area contributed by atoms with Crippen LogP contribution in [0.15, 0.2) is 54.6 Å². The molecule has 0 bridgehead atoms. The van der Waals surface area contributed by atoms with E-state index in [4.69, 9.17) is 9.47 Å². The largest absolute Gasteiger partial charge is 0.457 e. The highest BCUT2D eigenvalue weighted by atomic mass is 16.5. The van der Waals surface area contributed by atoms with Gasteiger partial charge in [0.2, 0.25) is 0 Å². The van der Waals surface area contributed by atoms with Crippen molar-refractivity contribution in [2.24, 2.45) is 0 Å². The molecule has 0 aliphatic carbocycles. The molecule has 3 heteroatoms. The standard InChI is InChI=1S/C17H18O3/c1-2-15(18)13-19-12-14-8-10-17(11-9-14)20-16-6-4-3-5-7-16/h3-11H,2,12-13H2,1H3. The van der Waals surface area contributed by atoms with Crippen molar-refractivity contribution in [1.29, 1.82) is 0 Å². The van der Waals surface area contributed by atoms with Gasteiger partial charge in [-0.25, -0.2) is 0 Å². The number of ether oxygens (including phenoxy) is 2. The van der Waals surface area contributed by atoms with Crippen molar-refractivity contribution in [3.8, 4) is 11.5 Å². The first kappa shape index (κ1) is 14.3. The third-order valence-corrected chi connectivity index (χ3v) is 2.83. The molecule has 0 unspecified atom stereocenters. The Morgan fingerprint density at radius 3 is 2.25 bits per heavy atom. The molecule has 0 atom stereocenters. The van der Waals surface area contributed by atoms with Crippen LogP contribution in [-0.2, 0) is 16.1 Å². The van der Waals surface area contributed by atoms with E-state index in [1.807, 2.05) is 61.5 Å². The lowest BCUT2D eigenvalue weighted by Gasteiger charge is -2.07. The summed E-state index contributed by atoms with van der Waals surface area (Å²) in [7, 11) is 0. The van der Waals surface area contributed by atoms with Gasteiger partial charge in [-0.2, -0.15) is 0 Å². The summed E-state index contributed by atoms with van der Waals surface area (Å²) in [6, 6.07) is 17.3. The smallest absolute Gasteiger partial charge is 0.158 e. The molecule has 0 saturated heterocycles. The number of Topliss-reactive ketones (excluding diaryl/α,β-unsaturated/α-hetero) is 1. The molecule has 0 fully saturated rings. The second-order valence-corrected chi connectivity index (χ2v) is 4.44. The summed E-state index contributed by atoms with van der Waals surface area (Å²) < 4.78 is 11.0. The van der Waals surface area contributed by atoms with Gasteiger partial charge in [-0.1, -0.05) is 37.3 Å². The van der Waals surface area contributed by atoms with Gasteiger partial charge in [0.05, 0.1) is 6.61 Å². The summed E-state index contributed by atoms with van der Waals surface area (Å²) in [5.74, 6) is 1.71. The summed E-state index contributed by atoms with van der Waals surface area (Å²) in [5.41, 5.74) is 1.02. The lowest BCUT2D eigenvalue weighted by atomic mass is 10.2. The lowest BCUT2D eigenvalue weighted by Crippen LogP contribution is -2.06. The van der Waals surface area contributed by atoms with E-state index in [0.717, 1.165) is 17.1 Å². The second kappa shape index (κ2) is 7.46. The van der Waals surface area contributed by atoms with Gasteiger partial charge in [-0.15, -0.1) is 0 Å². The second-order valence-electron chi connectivity index (χ2n) is 4.44. The zero-order chi connectivity index (χ0) is 14.2. The summed E-state index contributed by atoms with van der Waals surface area (Å²) in [6.45, 7) is 2.46. The topological polar surface area (TPSA) is 35.5 Å². The van der Waals surface area contributed by atoms with Crippen LogP contribution in [0.1, 0.15) is 18.9 Å². The fraction of sp³-hybridized carbons (Fsp3) is 0.235. The van der Waals surface area contributed by atoms with Crippen LogP contribution in [0.25, 0.3) is 0 Å². The molecule has 0 amide bonds. The molecule has 0 aliphatic rings. The SMILES string of the molecule is CCC(=O)COCc1ccc(Oc2ccccc2)cc1. The van der Waals surface area contributed by atoms with E-state index in [1.54, 1.807) is 0 Å². The van der Waals surface area contributed by atoms with Crippen LogP contribution in [0, 0.1) is 0 Å². The zero-order valence-electron chi connectivity index (χ0n) is 11.5. The van der Waals surface area contributed by atoms with E-state index in [9.17, 15) is 4.79 Å². The van der Waals surface area contributed by atoms with Gasteiger partial charge in [0.25, 0.3) is 0 Å². The van der Waals surface area contributed by atoms with Gasteiger partial charge in [-0.05, 0) is 29.8 Å². The van der Waals surface area contributed by atoms with E-state index >= 15 is 0 Å². The predicted molar refractivity (Wildman–Crippen MR) is 77.9 cm³/mol. The number of hydrogen-bond acceptors (Lipinski definition) is 3. The Bertz CT molecular complexity index is 532. The van der Waals surface area contributed by atoms with Gasteiger partial charge in [0, 0.05) is 6.42 Å². The molecule has 0 aliphatic heterocycles. The molecular formula is C17H18O3. The maximum Gasteiger partial charge on any atom is 0.158 e. The third kappa shape index (κ3) is 4.52. The zero-order valence-corrected chi connectivity index (χ0v) is 11.5. The van der Waals surface area contributed by atoms with Crippen molar-refractivity contribution in [3.63, 3.8) is 0 Å². The third-order valence-electron chi connectivity index (χ3n) is 2.83. The maximum absolute atomic E-state index is 11.1. The minimum absolute atomic E-state index is 0.119. The quantitative estimate of drug-likeness (QED) is 0.763. The molecule has 0 aromatic heterocycles. The summed E-state index contributed by atoms with van der Waals surface area (Å²) in [5, 5.41) is 0. The van der Waals surface area contributed by atoms with Crippen LogP contribution in [0.4, 0.5) is 0 Å². The number of para-hydroxylation sites is 1. The fourth-order valence-electron chi connectivity index (χ4n) is 1.66. The van der Waals surface area contributed by atoms with Crippen molar-refractivity contribution in [2.75, 3.05) is 6.61 Å². The molecule has 0 N–H and O–H groups in total. The summed E-state index contributed by atoms with van der Waals surface area (Å²) in [6.07, 6.45) is 0.518. The molecular weight excluding hydrogens is 252 g/mol. The van der Waals surface area contributed by atoms with Crippen LogP contribution in [0.5, 0.6) is 11.5 Å². The average molecular weight is 270 g/mol. The molecule has 2 aromatic rings. The highest BCUT2D eigenvalue weighted by Gasteiger charge is 2.00. The van der Waals surface area contributed by atoms with Crippen molar-refractivity contribution < 1.29 is 14.3 Å². The number of ketones is 1. The highest BCUT2D eigenvalue weighted by Crippen LogP contribution is 2.21. The van der Waals surface area contributed by atoms with E-state index < -0.39 is 0 Å². The number of carbonyl (C=O) groups is 1. The van der Waals surface area contributed by atoms with Crippen molar-refractivity contribution in [3.05, 3.63) is 60.2 Å². The molecule has 2 rings (SSSR count). The summed E-state index contributed by atoms with van der Waals surface area (Å²) in [4.78, 5) is 11.1. The van der Waals surface area contributed by atoms with Crippen LogP contribution < -0.4 is 4.74 Å². The Morgan fingerprint density at radius 2 is 1.60 bits per heavy atom. The monoisotopic (exact) mass is 270 g/mol. The van der Waals surface area contributed by atoms with Crippen molar-refractivity contribution >= 4 is 5.78 Å². The Hall–Kier alpha value is -2.13. The first-order chi connectivity index (χ1) is 9.78. The molecule has 0 saturated carbocycles. The average Bonchev–Trinajstić information content (AvgIpc) is 2.50. The number of benzene rings is 2. The van der Waals surface area contributed by atoms with Gasteiger partial charge in [0.1, 0.15) is 18.1 Å². The number of rotatable bonds is 7. The van der Waals surface area contributed by atoms with Gasteiger partial charge >= 0.3 is 0 Å². The van der Waals surface area contributed by atoms with Crippen molar-refractivity contribution in [2.45, 2.75) is 20.0 Å². The van der Waals surface area contributed by atoms with E-state index in [-0.39, 0.29) is 12.4 Å². The van der Waals surface area contributed by atoms with Gasteiger partial charge in [-0.3, -0.25) is 4.79 Å².